The summed E-state index contributed by atoms with van der Waals surface area (Å²) < 4.78 is 18.2. The standard InChI is InChI=1S/C22H24FNO3/c1-16(25)24-21(15-27-2)22(26)13-12-18-8-6-17(7-9-18)10-11-19-4-3-5-20(23)14-19/h3-11,14,21H,12-13,15H2,1-2H3,(H,24,25)/b11-10+/t21-/m1/s1. The quantitative estimate of drug-likeness (QED) is 0.687. The molecular formula is C22H24FNO3. The minimum atomic E-state index is -0.610. The number of carbonyl (C=O) groups excluding carboxylic acids is 2. The molecule has 0 aliphatic rings. The molecule has 0 saturated heterocycles. The number of ether oxygens (including phenoxy) is 1. The zero-order valence-corrected chi connectivity index (χ0v) is 15.6. The van der Waals surface area contributed by atoms with Gasteiger partial charge in [0.2, 0.25) is 5.91 Å². The average Bonchev–Trinajstić information content (AvgIpc) is 2.64. The number of methoxy groups -OCH3 is 1. The summed E-state index contributed by atoms with van der Waals surface area (Å²) in [6.45, 7) is 1.55. The lowest BCUT2D eigenvalue weighted by Crippen LogP contribution is -2.43. The SMILES string of the molecule is COC[C@@H](NC(C)=O)C(=O)CCc1ccc(/C=C/c2cccc(F)c2)cc1. The van der Waals surface area contributed by atoms with Crippen LogP contribution in [0.3, 0.4) is 0 Å². The van der Waals surface area contributed by atoms with Crippen LogP contribution in [0.4, 0.5) is 4.39 Å². The second-order valence-corrected chi connectivity index (χ2v) is 6.30. The van der Waals surface area contributed by atoms with Crippen LogP contribution in [0.2, 0.25) is 0 Å². The molecule has 0 heterocycles. The van der Waals surface area contributed by atoms with Gasteiger partial charge in [0.1, 0.15) is 11.9 Å². The number of hydrogen-bond donors (Lipinski definition) is 1. The minimum Gasteiger partial charge on any atom is -0.382 e. The Morgan fingerprint density at radius 1 is 1.11 bits per heavy atom. The van der Waals surface area contributed by atoms with Crippen molar-refractivity contribution >= 4 is 23.8 Å². The van der Waals surface area contributed by atoms with Gasteiger partial charge in [-0.1, -0.05) is 48.6 Å². The number of benzene rings is 2. The molecule has 1 N–H and O–H groups in total. The Kier molecular flexibility index (Phi) is 7.89. The van der Waals surface area contributed by atoms with Crippen molar-refractivity contribution in [3.63, 3.8) is 0 Å². The summed E-state index contributed by atoms with van der Waals surface area (Å²) in [6.07, 6.45) is 4.68. The molecule has 0 radical (unpaired) electrons. The molecule has 0 spiro atoms. The molecule has 1 atom stereocenters. The zero-order chi connectivity index (χ0) is 19.6. The summed E-state index contributed by atoms with van der Waals surface area (Å²) in [4.78, 5) is 23.4. The first-order valence-electron chi connectivity index (χ1n) is 8.79. The van der Waals surface area contributed by atoms with Crippen molar-refractivity contribution in [1.29, 1.82) is 0 Å². The van der Waals surface area contributed by atoms with Crippen LogP contribution in [0.25, 0.3) is 12.2 Å². The highest BCUT2D eigenvalue weighted by Crippen LogP contribution is 2.12. The van der Waals surface area contributed by atoms with Crippen molar-refractivity contribution in [1.82, 2.24) is 5.32 Å². The number of Topliss-reactive ketones (excluding diaryl/α,β-unsaturated/α-hetero) is 1. The van der Waals surface area contributed by atoms with E-state index in [1.165, 1.54) is 26.2 Å². The zero-order valence-electron chi connectivity index (χ0n) is 15.6. The molecule has 2 aromatic carbocycles. The number of ketones is 1. The first-order valence-corrected chi connectivity index (χ1v) is 8.79. The molecule has 0 bridgehead atoms. The summed E-state index contributed by atoms with van der Waals surface area (Å²) >= 11 is 0. The Morgan fingerprint density at radius 2 is 1.81 bits per heavy atom. The molecule has 0 fully saturated rings. The van der Waals surface area contributed by atoms with E-state index in [1.807, 2.05) is 42.5 Å². The van der Waals surface area contributed by atoms with Gasteiger partial charge in [0.15, 0.2) is 5.78 Å². The van der Waals surface area contributed by atoms with Crippen molar-refractivity contribution in [3.8, 4) is 0 Å². The molecule has 2 aromatic rings. The van der Waals surface area contributed by atoms with Gasteiger partial charge in [0.05, 0.1) is 6.61 Å². The highest BCUT2D eigenvalue weighted by atomic mass is 19.1. The van der Waals surface area contributed by atoms with E-state index in [9.17, 15) is 14.0 Å². The topological polar surface area (TPSA) is 55.4 Å². The van der Waals surface area contributed by atoms with E-state index in [2.05, 4.69) is 5.32 Å². The maximum absolute atomic E-state index is 13.2. The van der Waals surface area contributed by atoms with E-state index in [1.54, 1.807) is 6.07 Å². The third kappa shape index (κ3) is 7.15. The smallest absolute Gasteiger partial charge is 0.217 e. The number of hydrogen-bond acceptors (Lipinski definition) is 3. The van der Waals surface area contributed by atoms with E-state index in [0.717, 1.165) is 16.7 Å². The van der Waals surface area contributed by atoms with Crippen LogP contribution in [0.1, 0.15) is 30.0 Å². The first kappa shape index (κ1) is 20.5. The monoisotopic (exact) mass is 369 g/mol. The third-order valence-electron chi connectivity index (χ3n) is 4.06. The number of aryl methyl sites for hydroxylation is 1. The number of halogens is 1. The molecule has 4 nitrogen and oxygen atoms in total. The molecular weight excluding hydrogens is 345 g/mol. The average molecular weight is 369 g/mol. The summed E-state index contributed by atoms with van der Waals surface area (Å²) in [5.41, 5.74) is 2.82. The highest BCUT2D eigenvalue weighted by Gasteiger charge is 2.18. The molecule has 0 aliphatic carbocycles. The molecule has 5 heteroatoms. The molecule has 142 valence electrons. The number of amides is 1. The molecule has 1 amide bonds. The molecule has 0 saturated carbocycles. The summed E-state index contributed by atoms with van der Waals surface area (Å²) in [5, 5.41) is 2.61. The fraction of sp³-hybridized carbons (Fsp3) is 0.273. The van der Waals surface area contributed by atoms with E-state index >= 15 is 0 Å². The van der Waals surface area contributed by atoms with E-state index in [4.69, 9.17) is 4.74 Å². The van der Waals surface area contributed by atoms with Gasteiger partial charge in [-0.25, -0.2) is 4.39 Å². The maximum atomic E-state index is 13.2. The number of carbonyl (C=O) groups is 2. The second-order valence-electron chi connectivity index (χ2n) is 6.30. The van der Waals surface area contributed by atoms with Gasteiger partial charge in [-0.2, -0.15) is 0 Å². The maximum Gasteiger partial charge on any atom is 0.217 e. The molecule has 0 unspecified atom stereocenters. The molecule has 0 aliphatic heterocycles. The van der Waals surface area contributed by atoms with Gasteiger partial charge >= 0.3 is 0 Å². The van der Waals surface area contributed by atoms with Crippen molar-refractivity contribution in [2.75, 3.05) is 13.7 Å². The van der Waals surface area contributed by atoms with Gasteiger partial charge in [0.25, 0.3) is 0 Å². The van der Waals surface area contributed by atoms with Gasteiger partial charge in [-0.15, -0.1) is 0 Å². The van der Waals surface area contributed by atoms with Crippen LogP contribution < -0.4 is 5.32 Å². The van der Waals surface area contributed by atoms with Crippen LogP contribution in [0.5, 0.6) is 0 Å². The second kappa shape index (κ2) is 10.4. The lowest BCUT2D eigenvalue weighted by molar-refractivity contribution is -0.128. The largest absolute Gasteiger partial charge is 0.382 e. The van der Waals surface area contributed by atoms with E-state index in [-0.39, 0.29) is 24.1 Å². The van der Waals surface area contributed by atoms with Crippen LogP contribution in [0.15, 0.2) is 48.5 Å². The fourth-order valence-electron chi connectivity index (χ4n) is 2.67. The Bertz CT molecular complexity index is 799. The summed E-state index contributed by atoms with van der Waals surface area (Å²) in [7, 11) is 1.50. The first-order chi connectivity index (χ1) is 13.0. The van der Waals surface area contributed by atoms with Crippen LogP contribution in [-0.2, 0) is 20.7 Å². The van der Waals surface area contributed by atoms with Gasteiger partial charge in [-0.05, 0) is 35.2 Å². The fourth-order valence-corrected chi connectivity index (χ4v) is 2.67. The molecule has 27 heavy (non-hydrogen) atoms. The highest BCUT2D eigenvalue weighted by molar-refractivity contribution is 5.88. The van der Waals surface area contributed by atoms with E-state index < -0.39 is 6.04 Å². The number of rotatable bonds is 9. The predicted octanol–water partition coefficient (Wildman–Crippen LogP) is 3.65. The van der Waals surface area contributed by atoms with Crippen LogP contribution in [-0.4, -0.2) is 31.4 Å². The van der Waals surface area contributed by atoms with Gasteiger partial charge < -0.3 is 10.1 Å². The van der Waals surface area contributed by atoms with Crippen molar-refractivity contribution < 1.29 is 18.7 Å². The Hall–Kier alpha value is -2.79. The third-order valence-corrected chi connectivity index (χ3v) is 4.06. The normalized spacial score (nSPS) is 12.1. The summed E-state index contributed by atoms with van der Waals surface area (Å²) in [6, 6.07) is 13.6. The van der Waals surface area contributed by atoms with Crippen molar-refractivity contribution in [2.24, 2.45) is 0 Å². The minimum absolute atomic E-state index is 0.0536. The molecule has 2 rings (SSSR count). The van der Waals surface area contributed by atoms with E-state index in [0.29, 0.717) is 12.8 Å². The predicted molar refractivity (Wildman–Crippen MR) is 105 cm³/mol. The summed E-state index contributed by atoms with van der Waals surface area (Å²) in [5.74, 6) is -0.565. The Morgan fingerprint density at radius 3 is 2.44 bits per heavy atom. The van der Waals surface area contributed by atoms with Crippen molar-refractivity contribution in [2.45, 2.75) is 25.8 Å². The van der Waals surface area contributed by atoms with Crippen LogP contribution >= 0.6 is 0 Å². The Balaban J connectivity index is 1.91. The van der Waals surface area contributed by atoms with Gasteiger partial charge in [-0.3, -0.25) is 9.59 Å². The lowest BCUT2D eigenvalue weighted by Gasteiger charge is -2.15. The van der Waals surface area contributed by atoms with Crippen molar-refractivity contribution in [3.05, 3.63) is 71.0 Å². The number of nitrogens with one attached hydrogen (secondary N) is 1. The Labute approximate surface area is 159 Å². The van der Waals surface area contributed by atoms with Gasteiger partial charge in [0, 0.05) is 20.5 Å². The molecule has 0 aromatic heterocycles. The van der Waals surface area contributed by atoms with Crippen LogP contribution in [0, 0.1) is 5.82 Å². The lowest BCUT2D eigenvalue weighted by atomic mass is 10.0.